The van der Waals surface area contributed by atoms with Crippen LogP contribution in [0.5, 0.6) is 0 Å². The largest absolute Gasteiger partial charge is 0.277 e. The van der Waals surface area contributed by atoms with Crippen LogP contribution in [0.25, 0.3) is 10.9 Å². The lowest BCUT2D eigenvalue weighted by atomic mass is 10.2. The lowest BCUT2D eigenvalue weighted by Gasteiger charge is -2.14. The van der Waals surface area contributed by atoms with Gasteiger partial charge < -0.3 is 0 Å². The normalized spacial score (nSPS) is 10.7. The van der Waals surface area contributed by atoms with E-state index in [4.69, 9.17) is 0 Å². The Morgan fingerprint density at radius 1 is 1.15 bits per heavy atom. The maximum Gasteiger partial charge on any atom is 0.262 e. The molecule has 3 rings (SSSR count). The zero-order valence-corrected chi connectivity index (χ0v) is 16.2. The number of rotatable bonds is 7. The Morgan fingerprint density at radius 3 is 2.63 bits per heavy atom. The van der Waals surface area contributed by atoms with Crippen LogP contribution in [0.4, 0.5) is 5.95 Å². The Balaban J connectivity index is 1.60. The maximum atomic E-state index is 12.5. The average molecular weight is 382 g/mol. The first kappa shape index (κ1) is 19.0. The molecule has 0 aliphatic rings. The Bertz CT molecular complexity index is 999. The predicted octanol–water partition coefficient (Wildman–Crippen LogP) is 3.35. The highest BCUT2D eigenvalue weighted by atomic mass is 32.2. The van der Waals surface area contributed by atoms with Crippen molar-refractivity contribution < 1.29 is 4.79 Å². The number of carbonyl (C=O) groups is 1. The van der Waals surface area contributed by atoms with Crippen LogP contribution in [0.3, 0.4) is 0 Å². The highest BCUT2D eigenvalue weighted by Crippen LogP contribution is 2.19. The second-order valence-corrected chi connectivity index (χ2v) is 7.25. The first-order valence-corrected chi connectivity index (χ1v) is 9.81. The van der Waals surface area contributed by atoms with E-state index in [1.165, 1.54) is 10.1 Å². The van der Waals surface area contributed by atoms with E-state index in [2.05, 4.69) is 40.1 Å². The van der Waals surface area contributed by atoms with Crippen molar-refractivity contribution in [2.45, 2.75) is 31.7 Å². The molecule has 0 fully saturated rings. The first-order valence-electron chi connectivity index (χ1n) is 8.82. The monoisotopic (exact) mass is 382 g/mol. The van der Waals surface area contributed by atoms with E-state index in [0.717, 1.165) is 4.90 Å². The fraction of sp³-hybridized carbons (Fsp3) is 0.250. The van der Waals surface area contributed by atoms with Crippen molar-refractivity contribution >= 4 is 34.5 Å². The van der Waals surface area contributed by atoms with Crippen LogP contribution in [0.2, 0.25) is 0 Å². The minimum atomic E-state index is -0.153. The number of carbonyl (C=O) groups excluding carboxylic acids is 1. The smallest absolute Gasteiger partial charge is 0.262 e. The van der Waals surface area contributed by atoms with E-state index in [0.29, 0.717) is 35.6 Å². The zero-order chi connectivity index (χ0) is 19.2. The molecule has 2 aromatic carbocycles. The highest BCUT2D eigenvalue weighted by molar-refractivity contribution is 7.99. The molecule has 0 saturated carbocycles. The summed E-state index contributed by atoms with van der Waals surface area (Å²) in [7, 11) is 0. The van der Waals surface area contributed by atoms with Crippen molar-refractivity contribution in [3.63, 3.8) is 0 Å². The molecule has 0 bridgehead atoms. The third-order valence-electron chi connectivity index (χ3n) is 4.11. The van der Waals surface area contributed by atoms with Gasteiger partial charge in [-0.2, -0.15) is 0 Å². The molecule has 0 saturated heterocycles. The van der Waals surface area contributed by atoms with E-state index < -0.39 is 0 Å². The maximum absolute atomic E-state index is 12.5. The number of thioether (sulfide) groups is 1. The topological polar surface area (TPSA) is 76.0 Å². The van der Waals surface area contributed by atoms with Crippen LogP contribution >= 0.6 is 11.8 Å². The number of hydrogen-bond acceptors (Lipinski definition) is 5. The molecule has 0 aliphatic heterocycles. The van der Waals surface area contributed by atoms with Gasteiger partial charge in [0.25, 0.3) is 5.56 Å². The first-order chi connectivity index (χ1) is 13.1. The van der Waals surface area contributed by atoms with Gasteiger partial charge in [-0.1, -0.05) is 29.8 Å². The number of para-hydroxylation sites is 1. The standard InChI is InChI=1S/C20H22N4O2S/c1-3-24-19(26)16-6-4-5-7-17(16)21-20(24)23-22-18(25)12-13-27-15-10-8-14(2)9-11-15/h4-11H,3,12-13H2,1-2H3,(H,21,23)(H,22,25). The number of nitrogens with one attached hydrogen (secondary N) is 2. The van der Waals surface area contributed by atoms with Gasteiger partial charge in [0, 0.05) is 23.6 Å². The van der Waals surface area contributed by atoms with Gasteiger partial charge in [0.2, 0.25) is 11.9 Å². The number of hydrogen-bond donors (Lipinski definition) is 2. The van der Waals surface area contributed by atoms with Crippen LogP contribution in [0.1, 0.15) is 18.9 Å². The van der Waals surface area contributed by atoms with Crippen molar-refractivity contribution in [2.24, 2.45) is 0 Å². The molecule has 27 heavy (non-hydrogen) atoms. The van der Waals surface area contributed by atoms with E-state index >= 15 is 0 Å². The lowest BCUT2D eigenvalue weighted by Crippen LogP contribution is -2.34. The summed E-state index contributed by atoms with van der Waals surface area (Å²) in [5.41, 5.74) is 7.11. The van der Waals surface area contributed by atoms with E-state index in [1.807, 2.05) is 26.0 Å². The lowest BCUT2D eigenvalue weighted by molar-refractivity contribution is -0.120. The van der Waals surface area contributed by atoms with Crippen LogP contribution in [0.15, 0.2) is 58.2 Å². The van der Waals surface area contributed by atoms with Gasteiger partial charge in [0.1, 0.15) is 0 Å². The number of aryl methyl sites for hydroxylation is 1. The highest BCUT2D eigenvalue weighted by Gasteiger charge is 2.10. The quantitative estimate of drug-likeness (QED) is 0.484. The van der Waals surface area contributed by atoms with Gasteiger partial charge in [-0.15, -0.1) is 11.8 Å². The minimum absolute atomic E-state index is 0.130. The van der Waals surface area contributed by atoms with E-state index in [1.54, 1.807) is 23.9 Å². The van der Waals surface area contributed by atoms with Gasteiger partial charge in [-0.05, 0) is 38.1 Å². The predicted molar refractivity (Wildman–Crippen MR) is 110 cm³/mol. The third kappa shape index (κ3) is 4.68. The molecular weight excluding hydrogens is 360 g/mol. The summed E-state index contributed by atoms with van der Waals surface area (Å²) in [5, 5.41) is 0.561. The van der Waals surface area contributed by atoms with Crippen molar-refractivity contribution in [2.75, 3.05) is 11.2 Å². The summed E-state index contributed by atoms with van der Waals surface area (Å²) in [4.78, 5) is 30.2. The van der Waals surface area contributed by atoms with Crippen molar-refractivity contribution in [1.29, 1.82) is 0 Å². The number of benzene rings is 2. The SMILES string of the molecule is CCn1c(NNC(=O)CCSc2ccc(C)cc2)nc2ccccc2c1=O. The number of amides is 1. The molecule has 2 N–H and O–H groups in total. The molecule has 7 heteroatoms. The van der Waals surface area contributed by atoms with Gasteiger partial charge in [0.15, 0.2) is 0 Å². The number of hydrazine groups is 1. The molecule has 0 atom stereocenters. The summed E-state index contributed by atoms with van der Waals surface area (Å²) >= 11 is 1.63. The van der Waals surface area contributed by atoms with Gasteiger partial charge >= 0.3 is 0 Å². The van der Waals surface area contributed by atoms with Gasteiger partial charge in [0.05, 0.1) is 10.9 Å². The Hall–Kier alpha value is -2.80. The van der Waals surface area contributed by atoms with Gasteiger partial charge in [-0.3, -0.25) is 25.0 Å². The molecular formula is C20H22N4O2S. The molecule has 0 aliphatic carbocycles. The minimum Gasteiger partial charge on any atom is -0.277 e. The van der Waals surface area contributed by atoms with Crippen molar-refractivity contribution in [1.82, 2.24) is 15.0 Å². The number of fused-ring (bicyclic) bond motifs is 1. The van der Waals surface area contributed by atoms with Crippen LogP contribution in [0, 0.1) is 6.92 Å². The number of aromatic nitrogens is 2. The molecule has 0 radical (unpaired) electrons. The number of nitrogens with zero attached hydrogens (tertiary/aromatic N) is 2. The molecule has 1 aromatic heterocycles. The fourth-order valence-electron chi connectivity index (χ4n) is 2.64. The van der Waals surface area contributed by atoms with Crippen LogP contribution in [-0.4, -0.2) is 21.2 Å². The summed E-state index contributed by atoms with van der Waals surface area (Å²) in [6, 6.07) is 15.4. The van der Waals surface area contributed by atoms with Crippen LogP contribution < -0.4 is 16.4 Å². The van der Waals surface area contributed by atoms with Crippen molar-refractivity contribution in [3.8, 4) is 0 Å². The Morgan fingerprint density at radius 2 is 1.89 bits per heavy atom. The summed E-state index contributed by atoms with van der Waals surface area (Å²) in [6.07, 6.45) is 0.357. The van der Waals surface area contributed by atoms with Crippen LogP contribution in [-0.2, 0) is 11.3 Å². The zero-order valence-electron chi connectivity index (χ0n) is 15.4. The fourth-order valence-corrected chi connectivity index (χ4v) is 3.49. The molecule has 140 valence electrons. The second-order valence-electron chi connectivity index (χ2n) is 6.09. The van der Waals surface area contributed by atoms with E-state index in [-0.39, 0.29) is 11.5 Å². The molecule has 6 nitrogen and oxygen atoms in total. The molecule has 0 spiro atoms. The number of anilines is 1. The van der Waals surface area contributed by atoms with Crippen molar-refractivity contribution in [3.05, 3.63) is 64.4 Å². The van der Waals surface area contributed by atoms with Gasteiger partial charge in [-0.25, -0.2) is 4.98 Å². The molecule has 1 heterocycles. The summed E-state index contributed by atoms with van der Waals surface area (Å²) < 4.78 is 1.50. The molecule has 0 unspecified atom stereocenters. The Kier molecular flexibility index (Phi) is 6.13. The summed E-state index contributed by atoms with van der Waals surface area (Å²) in [6.45, 7) is 4.37. The summed E-state index contributed by atoms with van der Waals surface area (Å²) in [5.74, 6) is 0.850. The third-order valence-corrected chi connectivity index (χ3v) is 5.12. The Labute approximate surface area is 162 Å². The molecule has 1 amide bonds. The average Bonchev–Trinajstić information content (AvgIpc) is 2.68. The van der Waals surface area contributed by atoms with E-state index in [9.17, 15) is 9.59 Å². The second kappa shape index (κ2) is 8.73. The molecule has 3 aromatic rings.